The maximum atomic E-state index is 13.3. The number of anilines is 1. The van der Waals surface area contributed by atoms with E-state index in [2.05, 4.69) is 5.32 Å². The van der Waals surface area contributed by atoms with Gasteiger partial charge in [-0.3, -0.25) is 9.10 Å². The second-order valence-corrected chi connectivity index (χ2v) is 9.28. The average molecular weight is 401 g/mol. The van der Waals surface area contributed by atoms with E-state index in [-0.39, 0.29) is 23.4 Å². The van der Waals surface area contributed by atoms with E-state index >= 15 is 0 Å². The summed E-state index contributed by atoms with van der Waals surface area (Å²) in [4.78, 5) is 13.0. The Morgan fingerprint density at radius 1 is 1.07 bits per heavy atom. The minimum atomic E-state index is -3.81. The molecule has 28 heavy (non-hydrogen) atoms. The van der Waals surface area contributed by atoms with Crippen LogP contribution in [0.4, 0.5) is 5.69 Å². The largest absolute Gasteiger partial charge is 0.476 e. The quantitative estimate of drug-likeness (QED) is 0.856. The molecule has 148 valence electrons. The van der Waals surface area contributed by atoms with Crippen molar-refractivity contribution in [1.82, 2.24) is 5.32 Å². The number of nitrogens with one attached hydrogen (secondary N) is 1. The van der Waals surface area contributed by atoms with Crippen molar-refractivity contribution >= 4 is 21.6 Å². The Balaban J connectivity index is 1.65. The number of benzene rings is 2. The highest BCUT2D eigenvalue weighted by atomic mass is 32.2. The molecule has 0 unspecified atom stereocenters. The van der Waals surface area contributed by atoms with Gasteiger partial charge < -0.3 is 10.1 Å². The zero-order chi connectivity index (χ0) is 19.7. The Bertz CT molecular complexity index is 966. The van der Waals surface area contributed by atoms with Crippen molar-refractivity contribution in [2.45, 2.75) is 49.6 Å². The lowest BCUT2D eigenvalue weighted by Crippen LogP contribution is -2.52. The normalized spacial score (nSPS) is 19.8. The highest BCUT2D eigenvalue weighted by molar-refractivity contribution is 7.92. The molecule has 1 saturated carbocycles. The summed E-state index contributed by atoms with van der Waals surface area (Å²) < 4.78 is 33.8. The molecule has 0 saturated heterocycles. The lowest BCUT2D eigenvalue weighted by atomic mass is 10.2. The Morgan fingerprint density at radius 2 is 1.75 bits per heavy atom. The molecule has 2 aromatic rings. The number of hydrogen-bond donors (Lipinski definition) is 1. The van der Waals surface area contributed by atoms with Crippen LogP contribution < -0.4 is 14.4 Å². The molecule has 0 aromatic heterocycles. The van der Waals surface area contributed by atoms with Gasteiger partial charge in [0.1, 0.15) is 5.75 Å². The predicted octanol–water partition coefficient (Wildman–Crippen LogP) is 3.01. The van der Waals surface area contributed by atoms with Crippen LogP contribution in [0.25, 0.3) is 0 Å². The fourth-order valence-corrected chi connectivity index (χ4v) is 5.24. The van der Waals surface area contributed by atoms with Crippen molar-refractivity contribution in [3.63, 3.8) is 0 Å². The van der Waals surface area contributed by atoms with Gasteiger partial charge in [0.05, 0.1) is 17.1 Å². The monoisotopic (exact) mass is 400 g/mol. The maximum absolute atomic E-state index is 13.3. The lowest BCUT2D eigenvalue weighted by molar-refractivity contribution is -0.128. The SMILES string of the molecule is Cc1ccc(S(=O)(=O)N2C[C@@H](C(=O)NC3CCCC3)Oc3ccccc32)cc1. The Kier molecular flexibility index (Phi) is 5.02. The van der Waals surface area contributed by atoms with Crippen molar-refractivity contribution in [2.24, 2.45) is 0 Å². The standard InChI is InChI=1S/C21H24N2O4S/c1-15-10-12-17(13-11-15)28(25,26)23-14-20(21(24)22-16-6-2-3-7-16)27-19-9-5-4-8-18(19)23/h4-5,8-13,16,20H,2-3,6-7,14H2,1H3,(H,22,24)/t20-/m0/s1. The van der Waals surface area contributed by atoms with E-state index in [0.717, 1.165) is 31.2 Å². The van der Waals surface area contributed by atoms with Crippen LogP contribution in [0.5, 0.6) is 5.75 Å². The molecule has 1 amide bonds. The summed E-state index contributed by atoms with van der Waals surface area (Å²) in [5.41, 5.74) is 1.43. The van der Waals surface area contributed by atoms with Crippen LogP contribution in [0.3, 0.4) is 0 Å². The second kappa shape index (κ2) is 7.47. The number of carbonyl (C=O) groups excluding carboxylic acids is 1. The number of hydrogen-bond acceptors (Lipinski definition) is 4. The average Bonchev–Trinajstić information content (AvgIpc) is 3.20. The highest BCUT2D eigenvalue weighted by Crippen LogP contribution is 2.37. The molecule has 7 heteroatoms. The van der Waals surface area contributed by atoms with Crippen LogP contribution >= 0.6 is 0 Å². The summed E-state index contributed by atoms with van der Waals surface area (Å²) >= 11 is 0. The Labute approximate surface area is 165 Å². The summed E-state index contributed by atoms with van der Waals surface area (Å²) in [6.45, 7) is 1.86. The molecule has 0 bridgehead atoms. The number of sulfonamides is 1. The van der Waals surface area contributed by atoms with Crippen molar-refractivity contribution in [2.75, 3.05) is 10.8 Å². The van der Waals surface area contributed by atoms with Crippen LogP contribution in [-0.4, -0.2) is 33.0 Å². The summed E-state index contributed by atoms with van der Waals surface area (Å²) in [6, 6.07) is 13.8. The van der Waals surface area contributed by atoms with E-state index in [1.807, 2.05) is 6.92 Å². The first kappa shape index (κ1) is 18.8. The van der Waals surface area contributed by atoms with Gasteiger partial charge in [0.2, 0.25) is 0 Å². The first-order valence-corrected chi connectivity index (χ1v) is 11.0. The van der Waals surface area contributed by atoms with Gasteiger partial charge in [-0.1, -0.05) is 42.7 Å². The molecule has 2 aliphatic rings. The minimum Gasteiger partial charge on any atom is -0.476 e. The van der Waals surface area contributed by atoms with Crippen LogP contribution in [0, 0.1) is 6.92 Å². The maximum Gasteiger partial charge on any atom is 0.264 e. The predicted molar refractivity (Wildman–Crippen MR) is 107 cm³/mol. The van der Waals surface area contributed by atoms with Crippen LogP contribution in [-0.2, 0) is 14.8 Å². The number of carbonyl (C=O) groups is 1. The summed E-state index contributed by atoms with van der Waals surface area (Å²) in [5.74, 6) is 0.140. The first-order valence-electron chi connectivity index (χ1n) is 9.60. The minimum absolute atomic E-state index is 0.0498. The third-order valence-electron chi connectivity index (χ3n) is 5.34. The molecule has 4 rings (SSSR count). The van der Waals surface area contributed by atoms with Crippen LogP contribution in [0.15, 0.2) is 53.4 Å². The van der Waals surface area contributed by atoms with E-state index in [1.165, 1.54) is 4.31 Å². The van der Waals surface area contributed by atoms with Gasteiger partial charge in [-0.15, -0.1) is 0 Å². The zero-order valence-corrected chi connectivity index (χ0v) is 16.6. The van der Waals surface area contributed by atoms with Gasteiger partial charge in [-0.25, -0.2) is 8.42 Å². The molecular weight excluding hydrogens is 376 g/mol. The Hall–Kier alpha value is -2.54. The number of para-hydroxylation sites is 2. The first-order chi connectivity index (χ1) is 13.4. The van der Waals surface area contributed by atoms with Gasteiger partial charge in [-0.05, 0) is 44.0 Å². The fraction of sp³-hybridized carbons (Fsp3) is 0.381. The molecule has 0 spiro atoms. The highest BCUT2D eigenvalue weighted by Gasteiger charge is 2.38. The van der Waals surface area contributed by atoms with Crippen molar-refractivity contribution in [3.8, 4) is 5.75 Å². The number of ether oxygens (including phenoxy) is 1. The third kappa shape index (κ3) is 3.58. The number of fused-ring (bicyclic) bond motifs is 1. The van der Waals surface area contributed by atoms with E-state index < -0.39 is 16.1 Å². The van der Waals surface area contributed by atoms with Crippen molar-refractivity contribution in [3.05, 3.63) is 54.1 Å². The van der Waals surface area contributed by atoms with Crippen molar-refractivity contribution in [1.29, 1.82) is 0 Å². The molecule has 1 atom stereocenters. The van der Waals surface area contributed by atoms with E-state index in [9.17, 15) is 13.2 Å². The summed E-state index contributed by atoms with van der Waals surface area (Å²) in [5, 5.41) is 3.01. The molecule has 2 aromatic carbocycles. The van der Waals surface area contributed by atoms with Gasteiger partial charge in [0, 0.05) is 6.04 Å². The second-order valence-electron chi connectivity index (χ2n) is 7.41. The van der Waals surface area contributed by atoms with Crippen LogP contribution in [0.1, 0.15) is 31.2 Å². The van der Waals surface area contributed by atoms with Crippen molar-refractivity contribution < 1.29 is 17.9 Å². The molecule has 1 N–H and O–H groups in total. The van der Waals surface area contributed by atoms with Gasteiger partial charge in [0.15, 0.2) is 6.10 Å². The van der Waals surface area contributed by atoms with Gasteiger partial charge in [-0.2, -0.15) is 0 Å². The van der Waals surface area contributed by atoms with Crippen LogP contribution in [0.2, 0.25) is 0 Å². The third-order valence-corrected chi connectivity index (χ3v) is 7.13. The lowest BCUT2D eigenvalue weighted by Gasteiger charge is -2.35. The number of aryl methyl sites for hydroxylation is 1. The fourth-order valence-electron chi connectivity index (χ4n) is 3.77. The van der Waals surface area contributed by atoms with E-state index in [4.69, 9.17) is 4.74 Å². The smallest absolute Gasteiger partial charge is 0.264 e. The topological polar surface area (TPSA) is 75.7 Å². The number of nitrogens with zero attached hydrogens (tertiary/aromatic N) is 1. The summed E-state index contributed by atoms with van der Waals surface area (Å²) in [6.07, 6.45) is 3.25. The molecule has 1 aliphatic carbocycles. The molecule has 6 nitrogen and oxygen atoms in total. The summed E-state index contributed by atoms with van der Waals surface area (Å²) in [7, 11) is -3.81. The molecule has 1 heterocycles. The molecule has 1 fully saturated rings. The van der Waals surface area contributed by atoms with Gasteiger partial charge >= 0.3 is 0 Å². The number of amides is 1. The molecular formula is C21H24N2O4S. The zero-order valence-electron chi connectivity index (χ0n) is 15.8. The molecule has 0 radical (unpaired) electrons. The molecule has 1 aliphatic heterocycles. The number of rotatable bonds is 4. The van der Waals surface area contributed by atoms with E-state index in [1.54, 1.807) is 48.5 Å². The van der Waals surface area contributed by atoms with Gasteiger partial charge in [0.25, 0.3) is 15.9 Å². The Morgan fingerprint density at radius 3 is 2.46 bits per heavy atom. The van der Waals surface area contributed by atoms with E-state index in [0.29, 0.717) is 11.4 Å².